The summed E-state index contributed by atoms with van der Waals surface area (Å²) >= 11 is 12.1. The van der Waals surface area contributed by atoms with Gasteiger partial charge in [-0.2, -0.15) is 0 Å². The van der Waals surface area contributed by atoms with Crippen LogP contribution in [0.25, 0.3) is 0 Å². The van der Waals surface area contributed by atoms with Crippen LogP contribution in [-0.2, 0) is 0 Å². The maximum atomic E-state index is 6.14. The fourth-order valence-electron chi connectivity index (χ4n) is 1.82. The van der Waals surface area contributed by atoms with Crippen LogP contribution in [-0.4, -0.2) is 12.6 Å². The van der Waals surface area contributed by atoms with E-state index in [-0.39, 0.29) is 6.10 Å². The van der Waals surface area contributed by atoms with E-state index in [1.54, 1.807) is 6.07 Å². The topological polar surface area (TPSA) is 21.3 Å². The number of para-hydroxylation sites is 1. The molecule has 0 aliphatic rings. The van der Waals surface area contributed by atoms with Gasteiger partial charge in [0.1, 0.15) is 11.9 Å². The quantitative estimate of drug-likeness (QED) is 0.785. The molecule has 0 saturated heterocycles. The average molecular weight is 310 g/mol. The molecule has 2 aromatic carbocycles. The molecular formula is C16H17Cl2NO. The van der Waals surface area contributed by atoms with Crippen molar-refractivity contribution in [1.29, 1.82) is 0 Å². The van der Waals surface area contributed by atoms with Crippen molar-refractivity contribution in [2.75, 3.05) is 11.9 Å². The Morgan fingerprint density at radius 2 is 1.80 bits per heavy atom. The average Bonchev–Trinajstić information content (AvgIpc) is 2.48. The number of nitrogens with one attached hydrogen (secondary N) is 1. The molecule has 0 aliphatic carbocycles. The molecule has 20 heavy (non-hydrogen) atoms. The van der Waals surface area contributed by atoms with Crippen molar-refractivity contribution in [2.24, 2.45) is 0 Å². The van der Waals surface area contributed by atoms with Crippen LogP contribution in [0.2, 0.25) is 10.0 Å². The molecule has 0 radical (unpaired) electrons. The summed E-state index contributed by atoms with van der Waals surface area (Å²) < 4.78 is 5.92. The second-order valence-corrected chi connectivity index (χ2v) is 5.23. The molecule has 0 aliphatic heterocycles. The van der Waals surface area contributed by atoms with Crippen LogP contribution < -0.4 is 10.1 Å². The summed E-state index contributed by atoms with van der Waals surface area (Å²) in [5.41, 5.74) is 0.828. The normalized spacial score (nSPS) is 11.9. The Balaban J connectivity index is 1.95. The van der Waals surface area contributed by atoms with Gasteiger partial charge in [0.25, 0.3) is 0 Å². The minimum absolute atomic E-state index is 0.0763. The predicted molar refractivity (Wildman–Crippen MR) is 86.1 cm³/mol. The smallest absolute Gasteiger partial charge is 0.119 e. The lowest BCUT2D eigenvalue weighted by atomic mass is 10.2. The molecule has 1 atom stereocenters. The zero-order valence-electron chi connectivity index (χ0n) is 11.3. The van der Waals surface area contributed by atoms with Gasteiger partial charge in [0.05, 0.1) is 22.3 Å². The van der Waals surface area contributed by atoms with Gasteiger partial charge in [-0.25, -0.2) is 0 Å². The number of hydrogen-bond donors (Lipinski definition) is 1. The van der Waals surface area contributed by atoms with E-state index in [0.717, 1.165) is 17.9 Å². The van der Waals surface area contributed by atoms with E-state index < -0.39 is 0 Å². The van der Waals surface area contributed by atoms with Gasteiger partial charge in [-0.3, -0.25) is 0 Å². The molecule has 0 fully saturated rings. The zero-order valence-corrected chi connectivity index (χ0v) is 12.8. The Morgan fingerprint density at radius 1 is 1.05 bits per heavy atom. The predicted octanol–water partition coefficient (Wildman–Crippen LogP) is 5.26. The van der Waals surface area contributed by atoms with E-state index in [1.807, 2.05) is 42.5 Å². The van der Waals surface area contributed by atoms with Crippen LogP contribution >= 0.6 is 23.2 Å². The third-order valence-corrected chi connectivity index (χ3v) is 3.79. The Kier molecular flexibility index (Phi) is 5.57. The van der Waals surface area contributed by atoms with Crippen LogP contribution in [0.3, 0.4) is 0 Å². The fourth-order valence-corrected chi connectivity index (χ4v) is 2.19. The summed E-state index contributed by atoms with van der Waals surface area (Å²) in [4.78, 5) is 0. The number of halogens is 2. The number of benzene rings is 2. The van der Waals surface area contributed by atoms with Crippen molar-refractivity contribution in [3.8, 4) is 5.75 Å². The number of anilines is 1. The van der Waals surface area contributed by atoms with Gasteiger partial charge in [-0.05, 0) is 30.7 Å². The van der Waals surface area contributed by atoms with Crippen LogP contribution in [0.5, 0.6) is 5.75 Å². The van der Waals surface area contributed by atoms with Crippen molar-refractivity contribution in [2.45, 2.75) is 19.4 Å². The molecule has 2 rings (SSSR count). The molecule has 0 aromatic heterocycles. The summed E-state index contributed by atoms with van der Waals surface area (Å²) in [7, 11) is 0. The lowest BCUT2D eigenvalue weighted by Gasteiger charge is -2.19. The molecule has 1 unspecified atom stereocenters. The van der Waals surface area contributed by atoms with E-state index >= 15 is 0 Å². The first-order valence-electron chi connectivity index (χ1n) is 6.60. The van der Waals surface area contributed by atoms with Crippen molar-refractivity contribution < 1.29 is 4.74 Å². The van der Waals surface area contributed by atoms with E-state index in [9.17, 15) is 0 Å². The highest BCUT2D eigenvalue weighted by molar-refractivity contribution is 6.43. The minimum Gasteiger partial charge on any atom is -0.489 e. The molecule has 2 aromatic rings. The lowest BCUT2D eigenvalue weighted by Crippen LogP contribution is -2.25. The van der Waals surface area contributed by atoms with Gasteiger partial charge in [0, 0.05) is 0 Å². The van der Waals surface area contributed by atoms with Gasteiger partial charge in [-0.15, -0.1) is 0 Å². The Labute approximate surface area is 129 Å². The summed E-state index contributed by atoms with van der Waals surface area (Å²) in [5, 5.41) is 4.38. The van der Waals surface area contributed by atoms with Crippen LogP contribution in [0.4, 0.5) is 5.69 Å². The molecule has 0 amide bonds. The van der Waals surface area contributed by atoms with Crippen molar-refractivity contribution in [3.63, 3.8) is 0 Å². The summed E-state index contributed by atoms with van der Waals surface area (Å²) in [6, 6.07) is 15.3. The third-order valence-electron chi connectivity index (χ3n) is 2.97. The molecule has 0 saturated carbocycles. The highest BCUT2D eigenvalue weighted by Gasteiger charge is 2.10. The first-order chi connectivity index (χ1) is 9.70. The Bertz CT molecular complexity index is 545. The van der Waals surface area contributed by atoms with Gasteiger partial charge in [0.2, 0.25) is 0 Å². The van der Waals surface area contributed by atoms with Crippen molar-refractivity contribution >= 4 is 28.9 Å². The van der Waals surface area contributed by atoms with E-state index in [4.69, 9.17) is 27.9 Å². The zero-order chi connectivity index (χ0) is 14.4. The van der Waals surface area contributed by atoms with Crippen LogP contribution in [0.1, 0.15) is 13.3 Å². The molecule has 0 heterocycles. The van der Waals surface area contributed by atoms with E-state index in [2.05, 4.69) is 12.2 Å². The van der Waals surface area contributed by atoms with Gasteiger partial charge in [0.15, 0.2) is 0 Å². The maximum absolute atomic E-state index is 6.14. The highest BCUT2D eigenvalue weighted by atomic mass is 35.5. The number of ether oxygens (including phenoxy) is 1. The molecule has 0 spiro atoms. The standard InChI is InChI=1S/C16H17Cl2NO/c1-2-12(20-13-7-4-3-5-8-13)11-19-15-10-6-9-14(17)16(15)18/h3-10,12,19H,2,11H2,1H3. The third kappa shape index (κ3) is 4.06. The molecule has 2 nitrogen and oxygen atoms in total. The van der Waals surface area contributed by atoms with E-state index in [1.165, 1.54) is 0 Å². The lowest BCUT2D eigenvalue weighted by molar-refractivity contribution is 0.210. The van der Waals surface area contributed by atoms with Gasteiger partial charge >= 0.3 is 0 Å². The summed E-state index contributed by atoms with van der Waals surface area (Å²) in [6.45, 7) is 2.76. The maximum Gasteiger partial charge on any atom is 0.119 e. The highest BCUT2D eigenvalue weighted by Crippen LogP contribution is 2.29. The van der Waals surface area contributed by atoms with Crippen molar-refractivity contribution in [3.05, 3.63) is 58.6 Å². The molecule has 1 N–H and O–H groups in total. The fraction of sp³-hybridized carbons (Fsp3) is 0.250. The van der Waals surface area contributed by atoms with Crippen molar-refractivity contribution in [1.82, 2.24) is 0 Å². The van der Waals surface area contributed by atoms with Crippen LogP contribution in [0.15, 0.2) is 48.5 Å². The largest absolute Gasteiger partial charge is 0.489 e. The second kappa shape index (κ2) is 7.41. The monoisotopic (exact) mass is 309 g/mol. The Morgan fingerprint density at radius 3 is 2.50 bits per heavy atom. The first-order valence-corrected chi connectivity index (χ1v) is 7.36. The number of hydrogen-bond acceptors (Lipinski definition) is 2. The SMILES string of the molecule is CCC(CNc1cccc(Cl)c1Cl)Oc1ccccc1. The summed E-state index contributed by atoms with van der Waals surface area (Å²) in [6.07, 6.45) is 0.979. The molecule has 106 valence electrons. The first kappa shape index (κ1) is 15.0. The molecular weight excluding hydrogens is 293 g/mol. The van der Waals surface area contributed by atoms with E-state index in [0.29, 0.717) is 16.6 Å². The van der Waals surface area contributed by atoms with Gasteiger partial charge in [-0.1, -0.05) is 54.4 Å². The number of rotatable bonds is 6. The second-order valence-electron chi connectivity index (χ2n) is 4.44. The molecule has 0 bridgehead atoms. The van der Waals surface area contributed by atoms with Gasteiger partial charge < -0.3 is 10.1 Å². The summed E-state index contributed by atoms with van der Waals surface area (Å²) in [5.74, 6) is 0.873. The Hall–Kier alpha value is -1.38. The minimum atomic E-state index is 0.0763. The van der Waals surface area contributed by atoms with Crippen LogP contribution in [0, 0.1) is 0 Å². The molecule has 4 heteroatoms.